The summed E-state index contributed by atoms with van der Waals surface area (Å²) in [5.41, 5.74) is -1.15. The molecular formula is C18H32N2O8S2. The van der Waals surface area contributed by atoms with Crippen molar-refractivity contribution in [3.8, 4) is 0 Å². The summed E-state index contributed by atoms with van der Waals surface area (Å²) in [7, 11) is 1.22. The normalized spacial score (nSPS) is 11.3. The first-order chi connectivity index (χ1) is 13.8. The van der Waals surface area contributed by atoms with E-state index in [0.717, 1.165) is 0 Å². The molecule has 2 N–H and O–H groups in total. The predicted molar refractivity (Wildman–Crippen MR) is 116 cm³/mol. The fourth-order valence-corrected chi connectivity index (χ4v) is 2.68. The molecule has 0 aliphatic rings. The van der Waals surface area contributed by atoms with Gasteiger partial charge < -0.3 is 29.6 Å². The van der Waals surface area contributed by atoms with Gasteiger partial charge in [-0.25, -0.2) is 19.2 Å². The number of hydrogen-bond acceptors (Lipinski definition) is 10. The van der Waals surface area contributed by atoms with Crippen LogP contribution in [0, 0.1) is 0 Å². The first-order valence-corrected chi connectivity index (χ1v) is 11.6. The van der Waals surface area contributed by atoms with Gasteiger partial charge in [-0.15, -0.1) is 0 Å². The highest BCUT2D eigenvalue weighted by Gasteiger charge is 2.16. The molecule has 0 bridgehead atoms. The van der Waals surface area contributed by atoms with Crippen LogP contribution in [0.15, 0.2) is 0 Å². The lowest BCUT2D eigenvalue weighted by atomic mass is 10.2. The van der Waals surface area contributed by atoms with Crippen molar-refractivity contribution >= 4 is 44.4 Å². The highest BCUT2D eigenvalue weighted by molar-refractivity contribution is 8.86. The van der Waals surface area contributed by atoms with E-state index in [4.69, 9.17) is 18.9 Å². The molecule has 2 amide bonds. The van der Waals surface area contributed by atoms with Gasteiger partial charge in [-0.3, -0.25) is 0 Å². The van der Waals surface area contributed by atoms with Crippen molar-refractivity contribution < 1.29 is 38.1 Å². The van der Waals surface area contributed by atoms with Gasteiger partial charge in [0.1, 0.15) is 11.2 Å². The zero-order valence-electron chi connectivity index (χ0n) is 18.3. The molecule has 0 saturated carbocycles. The molecule has 0 spiro atoms. The smallest absolute Gasteiger partial charge is 0.407 e. The number of carbonyl (C=O) groups excluding carboxylic acids is 4. The lowest BCUT2D eigenvalue weighted by Gasteiger charge is -2.19. The quantitative estimate of drug-likeness (QED) is 0.228. The summed E-state index contributed by atoms with van der Waals surface area (Å²) in [6, 6.07) is 0. The molecular weight excluding hydrogens is 436 g/mol. The van der Waals surface area contributed by atoms with E-state index in [1.807, 2.05) is 0 Å². The molecule has 0 aliphatic carbocycles. The first-order valence-electron chi connectivity index (χ1n) is 9.40. The standard InChI is InChI=1S/C18H32N2O8S2/c1-17(2,3)27-13(21)19-9-7-11-25-15(23)29-30-16(24)26-12-8-10-20-14(22)28-18(4,5)6/h7-12H2,1-6H3,(H,19,21)(H,20,22). The fourth-order valence-electron chi connectivity index (χ4n) is 1.58. The van der Waals surface area contributed by atoms with Gasteiger partial charge in [-0.2, -0.15) is 0 Å². The van der Waals surface area contributed by atoms with Crippen LogP contribution in [0.25, 0.3) is 0 Å². The minimum absolute atomic E-state index is 0.0908. The molecule has 0 rings (SSSR count). The number of carbonyl (C=O) groups is 4. The maximum absolute atomic E-state index is 11.5. The van der Waals surface area contributed by atoms with E-state index in [1.54, 1.807) is 41.5 Å². The Morgan fingerprint density at radius 3 is 1.30 bits per heavy atom. The van der Waals surface area contributed by atoms with E-state index >= 15 is 0 Å². The number of rotatable bonds is 8. The molecule has 10 nitrogen and oxygen atoms in total. The van der Waals surface area contributed by atoms with E-state index in [0.29, 0.717) is 47.5 Å². The monoisotopic (exact) mass is 468 g/mol. The molecule has 0 aromatic carbocycles. The predicted octanol–water partition coefficient (Wildman–Crippen LogP) is 4.47. The lowest BCUT2D eigenvalue weighted by molar-refractivity contribution is 0.0512. The van der Waals surface area contributed by atoms with Gasteiger partial charge in [-0.05, 0) is 54.4 Å². The second-order valence-corrected chi connectivity index (χ2v) is 9.93. The minimum atomic E-state index is -0.638. The van der Waals surface area contributed by atoms with Crippen LogP contribution in [0.4, 0.5) is 19.2 Å². The molecule has 30 heavy (non-hydrogen) atoms. The molecule has 0 unspecified atom stereocenters. The molecule has 0 aromatic heterocycles. The summed E-state index contributed by atoms with van der Waals surface area (Å²) in [5.74, 6) is 0. The van der Waals surface area contributed by atoms with E-state index in [1.165, 1.54) is 0 Å². The Balaban J connectivity index is 3.65. The molecule has 12 heteroatoms. The van der Waals surface area contributed by atoms with E-state index < -0.39 is 34.0 Å². The molecule has 0 radical (unpaired) electrons. The SMILES string of the molecule is CC(C)(C)OC(=O)NCCCOC(=O)SSC(=O)OCCCNC(=O)OC(C)(C)C. The molecule has 0 aromatic rings. The van der Waals surface area contributed by atoms with Gasteiger partial charge in [0.25, 0.3) is 0 Å². The van der Waals surface area contributed by atoms with Crippen molar-refractivity contribution in [2.75, 3.05) is 26.3 Å². The molecule has 0 heterocycles. The summed E-state index contributed by atoms with van der Waals surface area (Å²) < 4.78 is 20.0. The van der Waals surface area contributed by atoms with Gasteiger partial charge in [0.15, 0.2) is 0 Å². The molecule has 0 saturated heterocycles. The Morgan fingerprint density at radius 1 is 0.667 bits per heavy atom. The summed E-state index contributed by atoms with van der Waals surface area (Å²) in [6.45, 7) is 11.3. The Morgan fingerprint density at radius 2 is 1.00 bits per heavy atom. The van der Waals surface area contributed by atoms with Crippen LogP contribution < -0.4 is 10.6 Å². The highest BCUT2D eigenvalue weighted by Crippen LogP contribution is 2.25. The van der Waals surface area contributed by atoms with Crippen molar-refractivity contribution in [1.82, 2.24) is 10.6 Å². The molecule has 0 aliphatic heterocycles. The van der Waals surface area contributed by atoms with Crippen LogP contribution in [-0.4, -0.2) is 60.3 Å². The Labute approximate surface area is 185 Å². The number of alkyl carbamates (subject to hydrolysis) is 2. The Kier molecular flexibility index (Phi) is 13.4. The van der Waals surface area contributed by atoms with Crippen molar-refractivity contribution in [2.45, 2.75) is 65.6 Å². The molecule has 174 valence electrons. The maximum Gasteiger partial charge on any atom is 0.407 e. The third kappa shape index (κ3) is 19.5. The van der Waals surface area contributed by atoms with Gasteiger partial charge in [0.05, 0.1) is 13.2 Å². The highest BCUT2D eigenvalue weighted by atomic mass is 33.1. The van der Waals surface area contributed by atoms with E-state index in [9.17, 15) is 19.2 Å². The van der Waals surface area contributed by atoms with Crippen LogP contribution in [0.3, 0.4) is 0 Å². The Bertz CT molecular complexity index is 524. The molecule has 0 atom stereocenters. The lowest BCUT2D eigenvalue weighted by Crippen LogP contribution is -2.33. The van der Waals surface area contributed by atoms with Crippen molar-refractivity contribution in [3.05, 3.63) is 0 Å². The van der Waals surface area contributed by atoms with Crippen LogP contribution in [0.2, 0.25) is 0 Å². The number of hydrogen-bond donors (Lipinski definition) is 2. The van der Waals surface area contributed by atoms with Gasteiger partial charge in [0, 0.05) is 34.7 Å². The Hall–Kier alpha value is -1.82. The topological polar surface area (TPSA) is 129 Å². The summed E-state index contributed by atoms with van der Waals surface area (Å²) in [5, 5.41) is 3.81. The zero-order chi connectivity index (χ0) is 23.2. The number of nitrogens with one attached hydrogen (secondary N) is 2. The number of amides is 2. The third-order valence-corrected chi connectivity index (χ3v) is 4.25. The summed E-state index contributed by atoms with van der Waals surface area (Å²) in [6.07, 6.45) is -0.262. The van der Waals surface area contributed by atoms with Gasteiger partial charge in [0.2, 0.25) is 0 Å². The first kappa shape index (κ1) is 28.2. The second kappa shape index (κ2) is 14.2. The zero-order valence-corrected chi connectivity index (χ0v) is 20.0. The van der Waals surface area contributed by atoms with Gasteiger partial charge >= 0.3 is 22.8 Å². The molecule has 0 fully saturated rings. The summed E-state index contributed by atoms with van der Waals surface area (Å²) >= 11 is 0. The fraction of sp³-hybridized carbons (Fsp3) is 0.778. The summed E-state index contributed by atoms with van der Waals surface area (Å²) in [4.78, 5) is 45.9. The van der Waals surface area contributed by atoms with Crippen molar-refractivity contribution in [1.29, 1.82) is 0 Å². The van der Waals surface area contributed by atoms with Gasteiger partial charge in [-0.1, -0.05) is 0 Å². The maximum atomic E-state index is 11.5. The average molecular weight is 469 g/mol. The van der Waals surface area contributed by atoms with Crippen LogP contribution >= 0.6 is 21.6 Å². The van der Waals surface area contributed by atoms with E-state index in [-0.39, 0.29) is 13.2 Å². The van der Waals surface area contributed by atoms with Crippen LogP contribution in [0.5, 0.6) is 0 Å². The largest absolute Gasteiger partial charge is 0.457 e. The van der Waals surface area contributed by atoms with E-state index in [2.05, 4.69) is 10.6 Å². The minimum Gasteiger partial charge on any atom is -0.457 e. The van der Waals surface area contributed by atoms with Crippen molar-refractivity contribution in [2.24, 2.45) is 0 Å². The number of ether oxygens (including phenoxy) is 4. The second-order valence-electron chi connectivity index (χ2n) is 7.93. The van der Waals surface area contributed by atoms with Crippen molar-refractivity contribution in [3.63, 3.8) is 0 Å². The third-order valence-electron chi connectivity index (χ3n) is 2.60. The van der Waals surface area contributed by atoms with Crippen LogP contribution in [-0.2, 0) is 18.9 Å². The van der Waals surface area contributed by atoms with Crippen LogP contribution in [0.1, 0.15) is 54.4 Å². The average Bonchev–Trinajstić information content (AvgIpc) is 2.56.